The van der Waals surface area contributed by atoms with Crippen LogP contribution in [0.2, 0.25) is 5.02 Å². The van der Waals surface area contributed by atoms with Gasteiger partial charge in [0.1, 0.15) is 5.82 Å². The van der Waals surface area contributed by atoms with Crippen molar-refractivity contribution in [3.63, 3.8) is 0 Å². The molecule has 3 heteroatoms. The van der Waals surface area contributed by atoms with Crippen molar-refractivity contribution >= 4 is 11.6 Å². The van der Waals surface area contributed by atoms with E-state index in [2.05, 4.69) is 12.2 Å². The van der Waals surface area contributed by atoms with Gasteiger partial charge in [-0.1, -0.05) is 41.9 Å². The van der Waals surface area contributed by atoms with Crippen LogP contribution in [-0.2, 0) is 0 Å². The summed E-state index contributed by atoms with van der Waals surface area (Å²) >= 11 is 6.17. The zero-order valence-corrected chi connectivity index (χ0v) is 11.8. The van der Waals surface area contributed by atoms with Crippen molar-refractivity contribution in [2.75, 3.05) is 0 Å². The molecule has 0 bridgehead atoms. The first-order valence-corrected chi connectivity index (χ1v) is 6.71. The average Bonchev–Trinajstić information content (AvgIpc) is 2.39. The summed E-state index contributed by atoms with van der Waals surface area (Å²) in [4.78, 5) is 0. The van der Waals surface area contributed by atoms with Gasteiger partial charge in [-0.3, -0.25) is 0 Å². The Labute approximate surface area is 118 Å². The number of halogens is 2. The number of rotatable bonds is 4. The van der Waals surface area contributed by atoms with Gasteiger partial charge in [-0.05, 0) is 43.2 Å². The second-order valence-corrected chi connectivity index (χ2v) is 5.09. The van der Waals surface area contributed by atoms with E-state index >= 15 is 0 Å². The highest BCUT2D eigenvalue weighted by atomic mass is 35.5. The van der Waals surface area contributed by atoms with Gasteiger partial charge in [0.15, 0.2) is 0 Å². The predicted molar refractivity (Wildman–Crippen MR) is 77.8 cm³/mol. The van der Waals surface area contributed by atoms with Crippen molar-refractivity contribution in [2.45, 2.75) is 25.9 Å². The maximum Gasteiger partial charge on any atom is 0.123 e. The first kappa shape index (κ1) is 14.0. The van der Waals surface area contributed by atoms with E-state index < -0.39 is 0 Å². The van der Waals surface area contributed by atoms with Crippen molar-refractivity contribution in [3.8, 4) is 0 Å². The van der Waals surface area contributed by atoms with Crippen molar-refractivity contribution in [1.29, 1.82) is 0 Å². The molecule has 0 aliphatic rings. The lowest BCUT2D eigenvalue weighted by Gasteiger charge is -2.21. The third-order valence-electron chi connectivity index (χ3n) is 3.22. The average molecular weight is 278 g/mol. The molecule has 0 amide bonds. The molecule has 1 N–H and O–H groups in total. The first-order chi connectivity index (χ1) is 9.08. The van der Waals surface area contributed by atoms with E-state index in [1.165, 1.54) is 6.07 Å². The number of benzene rings is 2. The second kappa shape index (κ2) is 6.18. The van der Waals surface area contributed by atoms with Crippen LogP contribution in [-0.4, -0.2) is 0 Å². The predicted octanol–water partition coefficient (Wildman–Crippen LogP) is 4.89. The van der Waals surface area contributed by atoms with Crippen LogP contribution in [0.25, 0.3) is 0 Å². The van der Waals surface area contributed by atoms with Gasteiger partial charge in [-0.25, -0.2) is 4.39 Å². The molecule has 0 saturated heterocycles. The van der Waals surface area contributed by atoms with Crippen molar-refractivity contribution in [1.82, 2.24) is 5.32 Å². The van der Waals surface area contributed by atoms with E-state index in [1.54, 1.807) is 12.1 Å². The Balaban J connectivity index is 2.11. The van der Waals surface area contributed by atoms with Crippen LogP contribution in [0.1, 0.15) is 37.1 Å². The van der Waals surface area contributed by atoms with Gasteiger partial charge in [-0.15, -0.1) is 0 Å². The molecule has 1 nitrogen and oxygen atoms in total. The smallest absolute Gasteiger partial charge is 0.123 e. The highest BCUT2D eigenvalue weighted by molar-refractivity contribution is 6.31. The monoisotopic (exact) mass is 277 g/mol. The largest absolute Gasteiger partial charge is 0.304 e. The zero-order valence-electron chi connectivity index (χ0n) is 11.0. The third-order valence-corrected chi connectivity index (χ3v) is 3.56. The molecule has 0 radical (unpaired) electrons. The molecule has 2 rings (SSSR count). The van der Waals surface area contributed by atoms with Crippen LogP contribution >= 0.6 is 11.6 Å². The molecule has 1 unspecified atom stereocenters. The Kier molecular flexibility index (Phi) is 4.56. The molecule has 0 aromatic heterocycles. The summed E-state index contributed by atoms with van der Waals surface area (Å²) in [5, 5.41) is 4.17. The summed E-state index contributed by atoms with van der Waals surface area (Å²) in [5.41, 5.74) is 1.98. The van der Waals surface area contributed by atoms with Gasteiger partial charge in [-0.2, -0.15) is 0 Å². The standard InChI is InChI=1S/C16H17ClFN/c1-11(13-6-5-7-14(18)10-13)19-12(2)15-8-3-4-9-16(15)17/h3-12,19H,1-2H3/t11-,12?/m1/s1. The fourth-order valence-corrected chi connectivity index (χ4v) is 2.46. The maximum absolute atomic E-state index is 13.2. The first-order valence-electron chi connectivity index (χ1n) is 6.34. The minimum atomic E-state index is -0.212. The lowest BCUT2D eigenvalue weighted by molar-refractivity contribution is 0.492. The SMILES string of the molecule is CC(N[C@H](C)c1cccc(F)c1)c1ccccc1Cl. The van der Waals surface area contributed by atoms with E-state index in [9.17, 15) is 4.39 Å². The third kappa shape index (κ3) is 3.55. The fraction of sp³-hybridized carbons (Fsp3) is 0.250. The van der Waals surface area contributed by atoms with E-state index in [-0.39, 0.29) is 17.9 Å². The molecule has 0 saturated carbocycles. The Morgan fingerprint density at radius 2 is 1.74 bits per heavy atom. The van der Waals surface area contributed by atoms with Crippen LogP contribution in [0, 0.1) is 5.82 Å². The van der Waals surface area contributed by atoms with Gasteiger partial charge in [0.2, 0.25) is 0 Å². The quantitative estimate of drug-likeness (QED) is 0.839. The van der Waals surface area contributed by atoms with Gasteiger partial charge in [0.05, 0.1) is 0 Å². The van der Waals surface area contributed by atoms with Gasteiger partial charge < -0.3 is 5.32 Å². The topological polar surface area (TPSA) is 12.0 Å². The molecular weight excluding hydrogens is 261 g/mol. The number of hydrogen-bond acceptors (Lipinski definition) is 1. The number of nitrogens with one attached hydrogen (secondary N) is 1. The molecule has 0 fully saturated rings. The van der Waals surface area contributed by atoms with Crippen molar-refractivity contribution in [2.24, 2.45) is 0 Å². The van der Waals surface area contributed by atoms with Gasteiger partial charge in [0, 0.05) is 17.1 Å². The molecule has 19 heavy (non-hydrogen) atoms. The van der Waals surface area contributed by atoms with Crippen molar-refractivity contribution in [3.05, 3.63) is 70.5 Å². The molecule has 100 valence electrons. The van der Waals surface area contributed by atoms with Crippen LogP contribution in [0.5, 0.6) is 0 Å². The highest BCUT2D eigenvalue weighted by Crippen LogP contribution is 2.25. The normalized spacial score (nSPS) is 14.1. The lowest BCUT2D eigenvalue weighted by atomic mass is 10.0. The highest BCUT2D eigenvalue weighted by Gasteiger charge is 2.13. The van der Waals surface area contributed by atoms with E-state index in [0.717, 1.165) is 16.1 Å². The molecule has 0 aliphatic heterocycles. The fourth-order valence-electron chi connectivity index (χ4n) is 2.16. The summed E-state index contributed by atoms with van der Waals surface area (Å²) in [5.74, 6) is -0.212. The van der Waals surface area contributed by atoms with E-state index in [0.29, 0.717) is 0 Å². The minimum Gasteiger partial charge on any atom is -0.304 e. The summed E-state index contributed by atoms with van der Waals surface area (Å²) in [6, 6.07) is 14.6. The van der Waals surface area contributed by atoms with Crippen molar-refractivity contribution < 1.29 is 4.39 Å². The Morgan fingerprint density at radius 3 is 2.42 bits per heavy atom. The molecule has 2 aromatic carbocycles. The van der Waals surface area contributed by atoms with Crippen LogP contribution < -0.4 is 5.32 Å². The molecular formula is C16H17ClFN. The summed E-state index contributed by atoms with van der Waals surface area (Å²) < 4.78 is 13.2. The lowest BCUT2D eigenvalue weighted by Crippen LogP contribution is -2.22. The van der Waals surface area contributed by atoms with Gasteiger partial charge >= 0.3 is 0 Å². The molecule has 0 aliphatic carbocycles. The Bertz CT molecular complexity index is 556. The van der Waals surface area contributed by atoms with Crippen LogP contribution in [0.3, 0.4) is 0 Å². The summed E-state index contributed by atoms with van der Waals surface area (Å²) in [6.45, 7) is 4.07. The molecule has 0 heterocycles. The molecule has 0 spiro atoms. The number of hydrogen-bond donors (Lipinski definition) is 1. The summed E-state index contributed by atoms with van der Waals surface area (Å²) in [6.07, 6.45) is 0. The maximum atomic E-state index is 13.2. The summed E-state index contributed by atoms with van der Waals surface area (Å²) in [7, 11) is 0. The van der Waals surface area contributed by atoms with Crippen LogP contribution in [0.4, 0.5) is 4.39 Å². The Hall–Kier alpha value is -1.38. The second-order valence-electron chi connectivity index (χ2n) is 4.69. The van der Waals surface area contributed by atoms with Gasteiger partial charge in [0.25, 0.3) is 0 Å². The van der Waals surface area contributed by atoms with E-state index in [1.807, 2.05) is 37.3 Å². The Morgan fingerprint density at radius 1 is 1.00 bits per heavy atom. The zero-order chi connectivity index (χ0) is 13.8. The molecule has 2 atom stereocenters. The van der Waals surface area contributed by atoms with Crippen LogP contribution in [0.15, 0.2) is 48.5 Å². The van der Waals surface area contributed by atoms with E-state index in [4.69, 9.17) is 11.6 Å². The molecule has 2 aromatic rings. The minimum absolute atomic E-state index is 0.0574.